The number of imide groups is 1. The van der Waals surface area contributed by atoms with Crippen molar-refractivity contribution in [3.63, 3.8) is 0 Å². The van der Waals surface area contributed by atoms with E-state index in [9.17, 15) is 19.2 Å². The number of nitrogen functional groups attached to an aromatic ring is 1. The minimum absolute atomic E-state index is 0.0174. The lowest BCUT2D eigenvalue weighted by molar-refractivity contribution is 0.0650. The molecule has 1 saturated heterocycles. The minimum Gasteiger partial charge on any atom is -0.384 e. The molecule has 0 spiro atoms. The number of nitrogens with zero attached hydrogens (tertiary/aromatic N) is 3. The third-order valence-corrected chi connectivity index (χ3v) is 6.46. The summed E-state index contributed by atoms with van der Waals surface area (Å²) in [5.41, 5.74) is 7.56. The summed E-state index contributed by atoms with van der Waals surface area (Å²) < 4.78 is 1.16. The van der Waals surface area contributed by atoms with Gasteiger partial charge in [0, 0.05) is 44.4 Å². The molecule has 0 atom stereocenters. The number of hydrogen-bond acceptors (Lipinski definition) is 6. The Kier molecular flexibility index (Phi) is 6.22. The van der Waals surface area contributed by atoms with E-state index in [1.807, 2.05) is 23.1 Å². The van der Waals surface area contributed by atoms with Gasteiger partial charge in [-0.1, -0.05) is 42.5 Å². The molecule has 2 aliphatic heterocycles. The van der Waals surface area contributed by atoms with Gasteiger partial charge in [-0.25, -0.2) is 0 Å². The Bertz CT molecular complexity index is 1420. The molecule has 0 aliphatic carbocycles. The van der Waals surface area contributed by atoms with Crippen LogP contribution in [0.2, 0.25) is 0 Å². The zero-order chi connectivity index (χ0) is 25.2. The van der Waals surface area contributed by atoms with E-state index in [-0.39, 0.29) is 22.9 Å². The van der Waals surface area contributed by atoms with Crippen LogP contribution in [-0.4, -0.2) is 64.8 Å². The maximum atomic E-state index is 13.0. The molecule has 3 heterocycles. The van der Waals surface area contributed by atoms with E-state index in [0.717, 1.165) is 35.8 Å². The molecular weight excluding hydrogens is 458 g/mol. The Hall–Kier alpha value is -4.50. The number of hydrogen-bond donors (Lipinski definition) is 2. The highest BCUT2D eigenvalue weighted by molar-refractivity contribution is 6.23. The van der Waals surface area contributed by atoms with E-state index in [4.69, 9.17) is 5.73 Å². The van der Waals surface area contributed by atoms with E-state index < -0.39 is 17.4 Å². The maximum Gasteiger partial charge on any atom is 0.262 e. The highest BCUT2D eigenvalue weighted by Crippen LogP contribution is 2.23. The average molecular weight is 484 g/mol. The number of amides is 3. The predicted octanol–water partition coefficient (Wildman–Crippen LogP) is 1.77. The van der Waals surface area contributed by atoms with Crippen molar-refractivity contribution < 1.29 is 14.4 Å². The molecule has 36 heavy (non-hydrogen) atoms. The fraction of sp³-hybridized carbons (Fsp3) is 0.185. The number of benzene rings is 2. The van der Waals surface area contributed by atoms with Gasteiger partial charge in [-0.2, -0.15) is 0 Å². The normalized spacial score (nSPS) is 15.8. The number of nitrogens with one attached hydrogen (secondary N) is 1. The van der Waals surface area contributed by atoms with Crippen molar-refractivity contribution in [3.8, 4) is 5.69 Å². The van der Waals surface area contributed by atoms with Crippen LogP contribution in [0.1, 0.15) is 36.6 Å². The van der Waals surface area contributed by atoms with Crippen molar-refractivity contribution in [3.05, 3.63) is 99.3 Å². The fourth-order valence-corrected chi connectivity index (χ4v) is 4.52. The molecule has 3 aromatic rings. The fourth-order valence-electron chi connectivity index (χ4n) is 4.52. The number of nitrogens with two attached hydrogens (primary N) is 1. The van der Waals surface area contributed by atoms with E-state index in [1.165, 1.54) is 0 Å². The van der Waals surface area contributed by atoms with Crippen LogP contribution in [-0.2, 0) is 0 Å². The van der Waals surface area contributed by atoms with Crippen LogP contribution in [0.15, 0.2) is 71.5 Å². The van der Waals surface area contributed by atoms with Gasteiger partial charge in [0.05, 0.1) is 16.8 Å². The number of fused-ring (bicyclic) bond motifs is 1. The Morgan fingerprint density at radius 2 is 1.61 bits per heavy atom. The van der Waals surface area contributed by atoms with Gasteiger partial charge in [-0.15, -0.1) is 0 Å². The number of rotatable bonds is 5. The number of anilines is 1. The van der Waals surface area contributed by atoms with Gasteiger partial charge in [0.1, 0.15) is 5.82 Å². The molecule has 1 aromatic heterocycles. The summed E-state index contributed by atoms with van der Waals surface area (Å²) in [6.07, 6.45) is 4.24. The van der Waals surface area contributed by atoms with Crippen molar-refractivity contribution >= 4 is 29.6 Å². The summed E-state index contributed by atoms with van der Waals surface area (Å²) in [6.45, 7) is 3.64. The molecule has 0 bridgehead atoms. The van der Waals surface area contributed by atoms with Crippen LogP contribution in [0.4, 0.5) is 5.82 Å². The lowest BCUT2D eigenvalue weighted by atomic mass is 10.1. The third-order valence-electron chi connectivity index (χ3n) is 6.46. The monoisotopic (exact) mass is 483 g/mol. The molecule has 3 amide bonds. The predicted molar refractivity (Wildman–Crippen MR) is 136 cm³/mol. The first-order valence-electron chi connectivity index (χ1n) is 11.7. The summed E-state index contributed by atoms with van der Waals surface area (Å²) in [7, 11) is 0. The summed E-state index contributed by atoms with van der Waals surface area (Å²) in [5.74, 6) is -1.47. The van der Waals surface area contributed by atoms with E-state index >= 15 is 0 Å². The van der Waals surface area contributed by atoms with Crippen molar-refractivity contribution in [2.75, 3.05) is 38.5 Å². The quantitative estimate of drug-likeness (QED) is 0.534. The Morgan fingerprint density at radius 3 is 2.31 bits per heavy atom. The SMILES string of the molecule is Nc1c2c(cc(=O)n1-c1ccc(C(=O)N3CCN(CC=Cc4ccccc4)CC3)cc1)C(=O)NC2=O. The first-order valence-corrected chi connectivity index (χ1v) is 11.7. The maximum absolute atomic E-state index is 13.0. The van der Waals surface area contributed by atoms with Crippen LogP contribution in [0.3, 0.4) is 0 Å². The number of carbonyl (C=O) groups is 3. The standard InChI is InChI=1S/C27H25N5O4/c28-24-23-21(25(34)29-26(23)35)17-22(33)32(24)20-10-8-19(9-11-20)27(36)31-15-13-30(14-16-31)12-4-7-18-5-2-1-3-6-18/h1-11,17H,12-16,28H2,(H,29,34,35). The molecule has 2 aliphatic rings. The molecule has 3 N–H and O–H groups in total. The smallest absolute Gasteiger partial charge is 0.262 e. The van der Waals surface area contributed by atoms with E-state index in [1.54, 1.807) is 24.3 Å². The molecule has 0 unspecified atom stereocenters. The molecule has 5 rings (SSSR count). The first kappa shape index (κ1) is 23.3. The molecule has 0 saturated carbocycles. The molecule has 2 aromatic carbocycles. The van der Waals surface area contributed by atoms with Crippen molar-refractivity contribution in [1.82, 2.24) is 19.7 Å². The highest BCUT2D eigenvalue weighted by atomic mass is 16.2. The zero-order valence-electron chi connectivity index (χ0n) is 19.5. The van der Waals surface area contributed by atoms with Gasteiger partial charge in [0.15, 0.2) is 0 Å². The van der Waals surface area contributed by atoms with Gasteiger partial charge < -0.3 is 10.6 Å². The second kappa shape index (κ2) is 9.63. The Labute approximate surface area is 207 Å². The van der Waals surface area contributed by atoms with E-state index in [0.29, 0.717) is 24.3 Å². The van der Waals surface area contributed by atoms with Crippen molar-refractivity contribution in [1.29, 1.82) is 0 Å². The number of pyridine rings is 1. The number of carbonyl (C=O) groups excluding carboxylic acids is 3. The Balaban J connectivity index is 1.24. The lowest BCUT2D eigenvalue weighted by Crippen LogP contribution is -2.48. The number of piperazine rings is 1. The van der Waals surface area contributed by atoms with Crippen molar-refractivity contribution in [2.45, 2.75) is 0 Å². The molecular formula is C27H25N5O4. The summed E-state index contributed by atoms with van der Waals surface area (Å²) in [5, 5.41) is 2.14. The lowest BCUT2D eigenvalue weighted by Gasteiger charge is -2.34. The minimum atomic E-state index is -0.640. The zero-order valence-corrected chi connectivity index (χ0v) is 19.5. The van der Waals surface area contributed by atoms with Crippen LogP contribution in [0, 0.1) is 0 Å². The topological polar surface area (TPSA) is 118 Å². The van der Waals surface area contributed by atoms with Gasteiger partial charge in [0.2, 0.25) is 0 Å². The second-order valence-corrected chi connectivity index (χ2v) is 8.73. The van der Waals surface area contributed by atoms with Crippen LogP contribution in [0.5, 0.6) is 0 Å². The Morgan fingerprint density at radius 1 is 0.917 bits per heavy atom. The van der Waals surface area contributed by atoms with Gasteiger partial charge in [-0.05, 0) is 29.8 Å². The summed E-state index contributed by atoms with van der Waals surface area (Å²) >= 11 is 0. The van der Waals surface area contributed by atoms with Crippen LogP contribution >= 0.6 is 0 Å². The molecule has 9 heteroatoms. The van der Waals surface area contributed by atoms with Gasteiger partial charge >= 0.3 is 0 Å². The third kappa shape index (κ3) is 4.44. The molecule has 9 nitrogen and oxygen atoms in total. The van der Waals surface area contributed by atoms with Crippen molar-refractivity contribution in [2.24, 2.45) is 0 Å². The largest absolute Gasteiger partial charge is 0.384 e. The molecule has 0 radical (unpaired) electrons. The average Bonchev–Trinajstić information content (AvgIpc) is 3.18. The second-order valence-electron chi connectivity index (χ2n) is 8.73. The summed E-state index contributed by atoms with van der Waals surface area (Å²) in [4.78, 5) is 53.7. The van der Waals surface area contributed by atoms with Crippen LogP contribution in [0.25, 0.3) is 11.8 Å². The number of aromatic nitrogens is 1. The summed E-state index contributed by atoms with van der Waals surface area (Å²) in [6, 6.07) is 17.7. The molecule has 182 valence electrons. The first-order chi connectivity index (χ1) is 17.4. The van der Waals surface area contributed by atoms with Crippen LogP contribution < -0.4 is 16.6 Å². The van der Waals surface area contributed by atoms with Gasteiger partial charge in [0.25, 0.3) is 23.3 Å². The highest BCUT2D eigenvalue weighted by Gasteiger charge is 2.32. The van der Waals surface area contributed by atoms with E-state index in [2.05, 4.69) is 34.5 Å². The molecule has 1 fully saturated rings. The van der Waals surface area contributed by atoms with Gasteiger partial charge in [-0.3, -0.25) is 34.0 Å².